The number of ketones is 1. The van der Waals surface area contributed by atoms with Crippen molar-refractivity contribution in [3.63, 3.8) is 0 Å². The first-order valence-electron chi connectivity index (χ1n) is 7.51. The van der Waals surface area contributed by atoms with Gasteiger partial charge in [-0.1, -0.05) is 6.07 Å². The Morgan fingerprint density at radius 1 is 1.38 bits per heavy atom. The van der Waals surface area contributed by atoms with Gasteiger partial charge < -0.3 is 9.84 Å². The van der Waals surface area contributed by atoms with Gasteiger partial charge in [0.2, 0.25) is 0 Å². The number of ether oxygens (including phenoxy) is 1. The largest absolute Gasteiger partial charge is 1.00 e. The second kappa shape index (κ2) is 9.82. The summed E-state index contributed by atoms with van der Waals surface area (Å²) in [6.45, 7) is 0. The first-order chi connectivity index (χ1) is 11.7. The van der Waals surface area contributed by atoms with Crippen LogP contribution < -0.4 is 34.7 Å². The van der Waals surface area contributed by atoms with E-state index in [1.807, 2.05) is 0 Å². The number of hydrogen-bond acceptors (Lipinski definition) is 5. The van der Waals surface area contributed by atoms with Crippen molar-refractivity contribution in [1.29, 1.82) is 0 Å². The molecule has 0 aliphatic heterocycles. The number of benzene rings is 1. The number of methoxy groups -OCH3 is 1. The van der Waals surface area contributed by atoms with Crippen LogP contribution in [0.15, 0.2) is 41.0 Å². The summed E-state index contributed by atoms with van der Waals surface area (Å²) in [6, 6.07) is 4.92. The zero-order valence-corrected chi connectivity index (χ0v) is 17.2. The number of allylic oxidation sites excluding steroid dienone is 1. The van der Waals surface area contributed by atoms with Gasteiger partial charge in [-0.15, -0.1) is 17.5 Å². The maximum atomic E-state index is 12.7. The topological polar surface area (TPSA) is 66.4 Å². The van der Waals surface area contributed by atoms with Crippen molar-refractivity contribution in [2.45, 2.75) is 23.9 Å². The normalized spacial score (nSPS) is 20.2. The number of alkyl halides is 3. The van der Waals surface area contributed by atoms with Crippen molar-refractivity contribution in [3.05, 3.63) is 41.7 Å². The fourth-order valence-electron chi connectivity index (χ4n) is 2.71. The van der Waals surface area contributed by atoms with Crippen LogP contribution in [-0.2, 0) is 20.5 Å². The zero-order chi connectivity index (χ0) is 18.6. The molecule has 0 amide bonds. The smallest absolute Gasteiger partial charge is 0.875 e. The fraction of sp³-hybridized carbons (Fsp3) is 0.412. The first-order valence-corrected chi connectivity index (χ1v) is 8.50. The number of thioether (sulfide) groups is 1. The number of carbonyl (C=O) groups is 2. The summed E-state index contributed by atoms with van der Waals surface area (Å²) in [5.41, 5.74) is -0.734. The number of esters is 1. The van der Waals surface area contributed by atoms with Gasteiger partial charge in [-0.05, 0) is 42.4 Å². The number of hydrogen-bond donors (Lipinski definition) is 0. The summed E-state index contributed by atoms with van der Waals surface area (Å²) >= 11 is 1.18. The average molecular weight is 396 g/mol. The second-order valence-electron chi connectivity index (χ2n) is 5.64. The van der Waals surface area contributed by atoms with E-state index in [0.717, 1.165) is 18.2 Å². The summed E-state index contributed by atoms with van der Waals surface area (Å²) in [6.07, 6.45) is -3.11. The van der Waals surface area contributed by atoms with Crippen LogP contribution in [0.1, 0.15) is 18.4 Å². The Balaban J connectivity index is 0.00000338. The molecule has 0 bridgehead atoms. The molecule has 0 saturated carbocycles. The molecule has 0 fully saturated rings. The van der Waals surface area contributed by atoms with Crippen molar-refractivity contribution < 1.29 is 62.2 Å². The van der Waals surface area contributed by atoms with Crippen LogP contribution in [-0.4, -0.2) is 24.6 Å². The molecule has 0 aromatic heterocycles. The Hall–Kier alpha value is -0.960. The Morgan fingerprint density at radius 2 is 2.08 bits per heavy atom. The molecule has 0 N–H and O–H groups in total. The van der Waals surface area contributed by atoms with Gasteiger partial charge in [0.1, 0.15) is 0 Å². The standard InChI is InChI=1S/C17H17F3O4S.Na/c1-24-16(23)15-10(7-12(21)9-14(15)22)5-6-25-13-4-2-3-11(8-13)17(18,19)20;/h2-4,8-10,15,22H,5-7H2,1H3;/q;+1/p-1. The van der Waals surface area contributed by atoms with E-state index in [1.165, 1.54) is 24.9 Å². The molecule has 0 radical (unpaired) electrons. The average Bonchev–Trinajstić information content (AvgIpc) is 2.53. The maximum absolute atomic E-state index is 12.7. The summed E-state index contributed by atoms with van der Waals surface area (Å²) < 4.78 is 42.7. The van der Waals surface area contributed by atoms with E-state index < -0.39 is 35.3 Å². The number of halogens is 3. The van der Waals surface area contributed by atoms with Gasteiger partial charge in [0, 0.05) is 11.3 Å². The summed E-state index contributed by atoms with van der Waals surface area (Å²) in [4.78, 5) is 23.8. The molecule has 9 heteroatoms. The monoisotopic (exact) mass is 396 g/mol. The molecule has 4 nitrogen and oxygen atoms in total. The van der Waals surface area contributed by atoms with E-state index in [0.29, 0.717) is 17.1 Å². The van der Waals surface area contributed by atoms with Crippen LogP contribution in [0.5, 0.6) is 0 Å². The van der Waals surface area contributed by atoms with Gasteiger partial charge in [0.15, 0.2) is 5.78 Å². The van der Waals surface area contributed by atoms with Crippen LogP contribution >= 0.6 is 11.8 Å². The number of rotatable bonds is 5. The van der Waals surface area contributed by atoms with Gasteiger partial charge in [-0.25, -0.2) is 0 Å². The van der Waals surface area contributed by atoms with E-state index in [-0.39, 0.29) is 41.8 Å². The van der Waals surface area contributed by atoms with Crippen molar-refractivity contribution in [2.24, 2.45) is 11.8 Å². The van der Waals surface area contributed by atoms with Crippen LogP contribution in [0.3, 0.4) is 0 Å². The van der Waals surface area contributed by atoms with Gasteiger partial charge in [-0.3, -0.25) is 9.59 Å². The van der Waals surface area contributed by atoms with Gasteiger partial charge >= 0.3 is 41.7 Å². The third-order valence-electron chi connectivity index (χ3n) is 3.92. The minimum atomic E-state index is -4.41. The van der Waals surface area contributed by atoms with Crippen LogP contribution in [0, 0.1) is 11.8 Å². The van der Waals surface area contributed by atoms with Crippen LogP contribution in [0.4, 0.5) is 13.2 Å². The minimum absolute atomic E-state index is 0. The molecule has 2 unspecified atom stereocenters. The molecule has 0 spiro atoms. The van der Waals surface area contributed by atoms with E-state index in [4.69, 9.17) is 0 Å². The van der Waals surface area contributed by atoms with Crippen LogP contribution in [0.2, 0.25) is 0 Å². The summed E-state index contributed by atoms with van der Waals surface area (Å²) in [5.74, 6) is -2.76. The SMILES string of the molecule is COC(=O)C1C([O-])=CC(=O)CC1CCSc1cccc(C(F)(F)F)c1.[Na+]. The van der Waals surface area contributed by atoms with E-state index >= 15 is 0 Å². The molecule has 1 aliphatic rings. The third kappa shape index (κ3) is 6.04. The van der Waals surface area contributed by atoms with Crippen molar-refractivity contribution >= 4 is 23.5 Å². The molecule has 136 valence electrons. The molecule has 2 rings (SSSR count). The predicted octanol–water partition coefficient (Wildman–Crippen LogP) is -0.186. The van der Waals surface area contributed by atoms with Gasteiger partial charge in [0.05, 0.1) is 18.6 Å². The molecule has 1 aromatic carbocycles. The molecular formula is C17H16F3NaO4S. The molecular weight excluding hydrogens is 380 g/mol. The van der Waals surface area contributed by atoms with Gasteiger partial charge in [-0.2, -0.15) is 13.2 Å². The minimum Gasteiger partial charge on any atom is -0.875 e. The van der Waals surface area contributed by atoms with Crippen molar-refractivity contribution in [3.8, 4) is 0 Å². The van der Waals surface area contributed by atoms with E-state index in [9.17, 15) is 27.9 Å². The van der Waals surface area contributed by atoms with E-state index in [1.54, 1.807) is 6.07 Å². The van der Waals surface area contributed by atoms with Crippen molar-refractivity contribution in [1.82, 2.24) is 0 Å². The second-order valence-corrected chi connectivity index (χ2v) is 6.81. The summed E-state index contributed by atoms with van der Waals surface area (Å²) in [7, 11) is 1.17. The fourth-order valence-corrected chi connectivity index (χ4v) is 3.75. The maximum Gasteiger partial charge on any atom is 1.00 e. The predicted molar refractivity (Wildman–Crippen MR) is 83.5 cm³/mol. The Morgan fingerprint density at radius 3 is 2.69 bits per heavy atom. The summed E-state index contributed by atoms with van der Waals surface area (Å²) in [5, 5.41) is 11.9. The molecule has 26 heavy (non-hydrogen) atoms. The molecule has 0 saturated heterocycles. The Labute approximate surface area is 175 Å². The zero-order valence-electron chi connectivity index (χ0n) is 14.3. The van der Waals surface area contributed by atoms with Crippen LogP contribution in [0.25, 0.3) is 0 Å². The first kappa shape index (κ1) is 23.1. The Bertz CT molecular complexity index is 691. The van der Waals surface area contributed by atoms with E-state index in [2.05, 4.69) is 4.74 Å². The molecule has 1 aromatic rings. The third-order valence-corrected chi connectivity index (χ3v) is 4.95. The van der Waals surface area contributed by atoms with Gasteiger partial charge in [0.25, 0.3) is 0 Å². The molecule has 2 atom stereocenters. The Kier molecular flexibility index (Phi) is 8.72. The molecule has 1 aliphatic carbocycles. The number of carbonyl (C=O) groups excluding carboxylic acids is 2. The van der Waals surface area contributed by atoms with Crippen molar-refractivity contribution in [2.75, 3.05) is 12.9 Å². The molecule has 0 heterocycles. The quantitative estimate of drug-likeness (QED) is 0.392.